The molecule has 1 aromatic heterocycles. The Bertz CT molecular complexity index is 930. The maximum atomic E-state index is 12.7. The predicted molar refractivity (Wildman–Crippen MR) is 111 cm³/mol. The zero-order valence-corrected chi connectivity index (χ0v) is 17.1. The minimum atomic E-state index is -0.417. The van der Waals surface area contributed by atoms with Gasteiger partial charge in [-0.15, -0.1) is 0 Å². The van der Waals surface area contributed by atoms with Crippen LogP contribution in [0.4, 0.5) is 0 Å². The minimum Gasteiger partial charge on any atom is -0.392 e. The van der Waals surface area contributed by atoms with Gasteiger partial charge in [-0.2, -0.15) is 0 Å². The van der Waals surface area contributed by atoms with Gasteiger partial charge in [-0.05, 0) is 31.4 Å². The van der Waals surface area contributed by atoms with Gasteiger partial charge in [0.1, 0.15) is 5.69 Å². The average molecular weight is 396 g/mol. The molecule has 6 nitrogen and oxygen atoms in total. The molecule has 154 valence electrons. The van der Waals surface area contributed by atoms with Gasteiger partial charge in [-0.1, -0.05) is 44.0 Å². The van der Waals surface area contributed by atoms with Gasteiger partial charge in [0.25, 0.3) is 5.91 Å². The highest BCUT2D eigenvalue weighted by Crippen LogP contribution is 2.48. The van der Waals surface area contributed by atoms with Gasteiger partial charge < -0.3 is 15.3 Å². The number of carbonyl (C=O) groups is 2. The molecule has 1 saturated carbocycles. The molecule has 1 saturated heterocycles. The van der Waals surface area contributed by atoms with Crippen LogP contribution in [0, 0.1) is 5.41 Å². The van der Waals surface area contributed by atoms with E-state index in [1.807, 2.05) is 35.2 Å². The summed E-state index contributed by atoms with van der Waals surface area (Å²) in [7, 11) is 0. The minimum absolute atomic E-state index is 0.0101. The number of nitrogens with one attached hydrogen (secondary N) is 1. The lowest BCUT2D eigenvalue weighted by Gasteiger charge is -2.37. The molecule has 0 bridgehead atoms. The summed E-state index contributed by atoms with van der Waals surface area (Å²) < 4.78 is 0. The highest BCUT2D eigenvalue weighted by atomic mass is 16.3. The van der Waals surface area contributed by atoms with Crippen molar-refractivity contribution < 1.29 is 14.7 Å². The number of aliphatic hydroxyl groups is 1. The van der Waals surface area contributed by atoms with E-state index in [9.17, 15) is 14.7 Å². The van der Waals surface area contributed by atoms with E-state index in [1.165, 1.54) is 0 Å². The fourth-order valence-corrected chi connectivity index (χ4v) is 5.29. The number of hydrogen-bond donors (Lipinski definition) is 2. The van der Waals surface area contributed by atoms with Crippen LogP contribution >= 0.6 is 0 Å². The van der Waals surface area contributed by atoms with Crippen LogP contribution < -0.4 is 5.32 Å². The number of likely N-dealkylation sites (tertiary alicyclic amines) is 1. The van der Waals surface area contributed by atoms with Crippen LogP contribution in [-0.2, 0) is 4.79 Å². The van der Waals surface area contributed by atoms with Gasteiger partial charge in [0, 0.05) is 30.3 Å². The van der Waals surface area contributed by atoms with Crippen molar-refractivity contribution in [3.8, 4) is 0 Å². The molecule has 4 rings (SSSR count). The number of aromatic nitrogens is 1. The normalized spacial score (nSPS) is 29.3. The van der Waals surface area contributed by atoms with Crippen LogP contribution in [0.15, 0.2) is 36.4 Å². The fourth-order valence-electron chi connectivity index (χ4n) is 5.29. The molecule has 2 aliphatic rings. The molecular formula is C23H29N3O3. The van der Waals surface area contributed by atoms with Crippen LogP contribution in [0.3, 0.4) is 0 Å². The van der Waals surface area contributed by atoms with Gasteiger partial charge in [0.05, 0.1) is 17.7 Å². The molecule has 2 heterocycles. The Hall–Kier alpha value is -2.47. The topological polar surface area (TPSA) is 82.5 Å². The van der Waals surface area contributed by atoms with Gasteiger partial charge in [0.15, 0.2) is 0 Å². The zero-order chi connectivity index (χ0) is 20.6. The maximum Gasteiger partial charge on any atom is 0.269 e. The molecule has 29 heavy (non-hydrogen) atoms. The summed E-state index contributed by atoms with van der Waals surface area (Å²) >= 11 is 0. The van der Waals surface area contributed by atoms with E-state index in [0.29, 0.717) is 18.7 Å². The lowest BCUT2D eigenvalue weighted by Crippen LogP contribution is -2.48. The van der Waals surface area contributed by atoms with Crippen molar-refractivity contribution in [3.05, 3.63) is 42.1 Å². The van der Waals surface area contributed by atoms with E-state index >= 15 is 0 Å². The third-order valence-electron chi connectivity index (χ3n) is 6.83. The quantitative estimate of drug-likeness (QED) is 0.837. The van der Waals surface area contributed by atoms with Gasteiger partial charge >= 0.3 is 0 Å². The lowest BCUT2D eigenvalue weighted by atomic mass is 9.75. The lowest BCUT2D eigenvalue weighted by molar-refractivity contribution is -0.133. The second-order valence-corrected chi connectivity index (χ2v) is 8.71. The number of rotatable bonds is 3. The van der Waals surface area contributed by atoms with Gasteiger partial charge in [0.2, 0.25) is 5.91 Å². The number of aliphatic hydroxyl groups excluding tert-OH is 1. The molecule has 2 aromatic rings. The standard InChI is InChI=1S/C23H29N3O3/c1-15(27)26-17(13-23(2)20(26)9-5-6-10-21(23)28)14-24-22(29)19-12-11-16-7-3-4-8-18(16)25-19/h3-4,7-8,11-12,17,20-21,28H,5-6,9-10,13-14H2,1-2H3,(H,24,29)/t17-,20-,21+,23-/m1/s1. The molecule has 6 heteroatoms. The summed E-state index contributed by atoms with van der Waals surface area (Å²) in [6.07, 6.45) is 3.97. The molecule has 0 unspecified atom stereocenters. The highest BCUT2D eigenvalue weighted by Gasteiger charge is 2.54. The number of carbonyl (C=O) groups excluding carboxylic acids is 2. The molecule has 2 N–H and O–H groups in total. The number of benzene rings is 1. The molecule has 1 aromatic carbocycles. The van der Waals surface area contributed by atoms with E-state index < -0.39 is 6.10 Å². The van der Waals surface area contributed by atoms with E-state index in [-0.39, 0.29) is 29.3 Å². The van der Waals surface area contributed by atoms with Crippen molar-refractivity contribution in [2.75, 3.05) is 6.54 Å². The monoisotopic (exact) mass is 395 g/mol. The Kier molecular flexibility index (Phi) is 5.30. The van der Waals surface area contributed by atoms with Crippen LogP contribution in [0.25, 0.3) is 10.9 Å². The molecular weight excluding hydrogens is 366 g/mol. The Morgan fingerprint density at radius 3 is 2.76 bits per heavy atom. The van der Waals surface area contributed by atoms with E-state index in [4.69, 9.17) is 0 Å². The molecule has 0 radical (unpaired) electrons. The largest absolute Gasteiger partial charge is 0.392 e. The van der Waals surface area contributed by atoms with Crippen molar-refractivity contribution in [2.45, 2.75) is 64.1 Å². The molecule has 2 fully saturated rings. The van der Waals surface area contributed by atoms with Crippen molar-refractivity contribution >= 4 is 22.7 Å². The summed E-state index contributed by atoms with van der Waals surface area (Å²) in [4.78, 5) is 31.5. The zero-order valence-electron chi connectivity index (χ0n) is 17.1. The van der Waals surface area contributed by atoms with Crippen LogP contribution in [0.5, 0.6) is 0 Å². The molecule has 4 atom stereocenters. The third kappa shape index (κ3) is 3.62. The smallest absolute Gasteiger partial charge is 0.269 e. The number of amides is 2. The summed E-state index contributed by atoms with van der Waals surface area (Å²) in [5, 5.41) is 14.7. The highest BCUT2D eigenvalue weighted by molar-refractivity contribution is 5.94. The fraction of sp³-hybridized carbons (Fsp3) is 0.522. The maximum absolute atomic E-state index is 12.7. The summed E-state index contributed by atoms with van der Waals surface area (Å²) in [6.45, 7) is 4.05. The number of hydrogen-bond acceptors (Lipinski definition) is 4. The molecule has 1 aliphatic heterocycles. The van der Waals surface area contributed by atoms with Crippen molar-refractivity contribution in [1.29, 1.82) is 0 Å². The van der Waals surface area contributed by atoms with Crippen LogP contribution in [0.1, 0.15) is 56.4 Å². The third-order valence-corrected chi connectivity index (χ3v) is 6.83. The number of pyridine rings is 1. The summed E-state index contributed by atoms with van der Waals surface area (Å²) in [5.41, 5.74) is 0.833. The van der Waals surface area contributed by atoms with Crippen molar-refractivity contribution in [3.63, 3.8) is 0 Å². The first-order chi connectivity index (χ1) is 13.9. The van der Waals surface area contributed by atoms with E-state index in [0.717, 1.165) is 36.6 Å². The SMILES string of the molecule is CC(=O)N1[C@@H](CNC(=O)c2ccc3ccccc3n2)C[C@@]2(C)[C@@H](O)CCCC[C@@H]12. The van der Waals surface area contributed by atoms with Crippen molar-refractivity contribution in [2.24, 2.45) is 5.41 Å². The molecule has 0 spiro atoms. The Balaban J connectivity index is 1.50. The Morgan fingerprint density at radius 1 is 1.21 bits per heavy atom. The van der Waals surface area contributed by atoms with Gasteiger partial charge in [-0.25, -0.2) is 4.98 Å². The van der Waals surface area contributed by atoms with Crippen LogP contribution in [0.2, 0.25) is 0 Å². The number of fused-ring (bicyclic) bond motifs is 2. The van der Waals surface area contributed by atoms with E-state index in [2.05, 4.69) is 17.2 Å². The summed E-state index contributed by atoms with van der Waals surface area (Å²) in [5.74, 6) is -0.229. The second kappa shape index (κ2) is 7.75. The first-order valence-corrected chi connectivity index (χ1v) is 10.5. The average Bonchev–Trinajstić information content (AvgIpc) is 2.93. The van der Waals surface area contributed by atoms with Gasteiger partial charge in [-0.3, -0.25) is 9.59 Å². The first-order valence-electron chi connectivity index (χ1n) is 10.5. The first kappa shape index (κ1) is 19.8. The molecule has 2 amide bonds. The molecule has 1 aliphatic carbocycles. The number of nitrogens with zero attached hydrogens (tertiary/aromatic N) is 2. The van der Waals surface area contributed by atoms with Crippen molar-refractivity contribution in [1.82, 2.24) is 15.2 Å². The van der Waals surface area contributed by atoms with Crippen LogP contribution in [-0.4, -0.2) is 51.5 Å². The number of para-hydroxylation sites is 1. The summed E-state index contributed by atoms with van der Waals surface area (Å²) in [6, 6.07) is 11.2. The predicted octanol–water partition coefficient (Wildman–Crippen LogP) is 2.90. The Morgan fingerprint density at radius 2 is 1.97 bits per heavy atom. The second-order valence-electron chi connectivity index (χ2n) is 8.71. The van der Waals surface area contributed by atoms with E-state index in [1.54, 1.807) is 13.0 Å². The Labute approximate surface area is 171 Å².